The molecule has 9 nitrogen and oxygen atoms in total. The van der Waals surface area contributed by atoms with E-state index in [1.165, 1.54) is 7.11 Å². The van der Waals surface area contributed by atoms with Gasteiger partial charge in [0.05, 0.1) is 23.1 Å². The fourth-order valence-electron chi connectivity index (χ4n) is 2.59. The van der Waals surface area contributed by atoms with E-state index in [9.17, 15) is 19.2 Å². The van der Waals surface area contributed by atoms with Gasteiger partial charge in [-0.15, -0.1) is 11.3 Å². The number of halogens is 1. The summed E-state index contributed by atoms with van der Waals surface area (Å²) in [5, 5.41) is 0. The van der Waals surface area contributed by atoms with Gasteiger partial charge in [0, 0.05) is 12.1 Å². The molecule has 0 bridgehead atoms. The lowest BCUT2D eigenvalue weighted by Gasteiger charge is -2.16. The first kappa shape index (κ1) is 24.4. The molecule has 1 aromatic carbocycles. The second-order valence-corrected chi connectivity index (χ2v) is 7.77. The van der Waals surface area contributed by atoms with Gasteiger partial charge in [0.15, 0.2) is 17.2 Å². The molecule has 0 aliphatic carbocycles. The molecular formula is C20H21BrN2O7S. The molecule has 2 rings (SSSR count). The van der Waals surface area contributed by atoms with Gasteiger partial charge in [-0.2, -0.15) is 0 Å². The van der Waals surface area contributed by atoms with E-state index in [1.54, 1.807) is 38.1 Å². The Balaban J connectivity index is 2.37. The van der Waals surface area contributed by atoms with Gasteiger partial charge in [-0.3, -0.25) is 9.69 Å². The van der Waals surface area contributed by atoms with Gasteiger partial charge >= 0.3 is 18.0 Å². The van der Waals surface area contributed by atoms with Crippen LogP contribution in [0.5, 0.6) is 5.75 Å². The average Bonchev–Trinajstić information content (AvgIpc) is 3.08. The lowest BCUT2D eigenvalue weighted by molar-refractivity contribution is -0.145. The Morgan fingerprint density at radius 2 is 1.77 bits per heavy atom. The van der Waals surface area contributed by atoms with Crippen LogP contribution >= 0.6 is 27.3 Å². The van der Waals surface area contributed by atoms with Crippen molar-refractivity contribution in [1.82, 2.24) is 4.90 Å². The van der Waals surface area contributed by atoms with E-state index in [0.717, 1.165) is 16.2 Å². The minimum atomic E-state index is -0.830. The topological polar surface area (TPSA) is 125 Å². The lowest BCUT2D eigenvalue weighted by atomic mass is 10.1. The maximum absolute atomic E-state index is 12.4. The second-order valence-electron chi connectivity index (χ2n) is 5.95. The summed E-state index contributed by atoms with van der Waals surface area (Å²) >= 11 is 4.51. The van der Waals surface area contributed by atoms with E-state index in [4.69, 9.17) is 19.9 Å². The largest absolute Gasteiger partial charge is 0.479 e. The van der Waals surface area contributed by atoms with Crippen molar-refractivity contribution < 1.29 is 33.4 Å². The van der Waals surface area contributed by atoms with Crippen LogP contribution < -0.4 is 10.5 Å². The van der Waals surface area contributed by atoms with Gasteiger partial charge < -0.3 is 19.9 Å². The first-order valence-corrected chi connectivity index (χ1v) is 10.8. The van der Waals surface area contributed by atoms with E-state index >= 15 is 0 Å². The molecule has 0 aliphatic heterocycles. The van der Waals surface area contributed by atoms with Gasteiger partial charge in [0.2, 0.25) is 0 Å². The number of benzene rings is 1. The first-order chi connectivity index (χ1) is 14.7. The summed E-state index contributed by atoms with van der Waals surface area (Å²) in [5.74, 6) is -1.55. The van der Waals surface area contributed by atoms with Crippen molar-refractivity contribution in [1.29, 1.82) is 0 Å². The maximum Gasteiger partial charge on any atom is 0.351 e. The lowest BCUT2D eigenvalue weighted by Crippen LogP contribution is -2.40. The smallest absolute Gasteiger partial charge is 0.351 e. The molecule has 0 spiro atoms. The first-order valence-electron chi connectivity index (χ1n) is 9.15. The van der Waals surface area contributed by atoms with Crippen LogP contribution in [0.4, 0.5) is 4.79 Å². The number of carbonyl (C=O) groups excluding carboxylic acids is 4. The third-order valence-corrected chi connectivity index (χ3v) is 6.26. The number of esters is 2. The van der Waals surface area contributed by atoms with Crippen LogP contribution in [0.2, 0.25) is 0 Å². The molecule has 0 atom stereocenters. The number of nitrogens with zero attached hydrogens (tertiary/aromatic N) is 1. The fourth-order valence-corrected chi connectivity index (χ4v) is 4.57. The maximum atomic E-state index is 12.4. The molecule has 0 radical (unpaired) electrons. The van der Waals surface area contributed by atoms with Gasteiger partial charge in [-0.1, -0.05) is 12.1 Å². The third-order valence-electron chi connectivity index (χ3n) is 4.04. The van der Waals surface area contributed by atoms with Gasteiger partial charge in [-0.25, -0.2) is 14.4 Å². The fraction of sp³-hybridized carbons (Fsp3) is 0.300. The summed E-state index contributed by atoms with van der Waals surface area (Å²) in [6, 6.07) is 5.59. The Kier molecular flexibility index (Phi) is 8.57. The molecule has 11 heteroatoms. The molecule has 0 unspecified atom stereocenters. The number of primary amides is 1. The van der Waals surface area contributed by atoms with Crippen LogP contribution in [-0.4, -0.2) is 55.6 Å². The molecule has 2 N–H and O–H groups in total. The zero-order valence-electron chi connectivity index (χ0n) is 17.1. The number of thiophene rings is 1. The summed E-state index contributed by atoms with van der Waals surface area (Å²) in [4.78, 5) is 49.4. The summed E-state index contributed by atoms with van der Waals surface area (Å²) in [7, 11) is 1.24. The SMILES string of the molecule is CCOC(=O)COc1c(C(=O)OC)sc(-c2ccc(C(=O)N(CC)C(N)=O)cc2)c1Br. The van der Waals surface area contributed by atoms with Crippen molar-refractivity contribution in [3.05, 3.63) is 39.2 Å². The number of hydrogen-bond donors (Lipinski definition) is 1. The number of imide groups is 1. The van der Waals surface area contributed by atoms with Crippen LogP contribution in [0.15, 0.2) is 28.7 Å². The highest BCUT2D eigenvalue weighted by Gasteiger charge is 2.26. The summed E-state index contributed by atoms with van der Waals surface area (Å²) in [5.41, 5.74) is 6.18. The third kappa shape index (κ3) is 5.61. The Labute approximate surface area is 191 Å². The number of hydrogen-bond acceptors (Lipinski definition) is 8. The van der Waals surface area contributed by atoms with Crippen molar-refractivity contribution in [2.75, 3.05) is 26.9 Å². The monoisotopic (exact) mass is 512 g/mol. The normalized spacial score (nSPS) is 10.3. The predicted octanol–water partition coefficient (Wildman–Crippen LogP) is 3.45. The van der Waals surface area contributed by atoms with Crippen LogP contribution in [0, 0.1) is 0 Å². The minimum Gasteiger partial charge on any atom is -0.479 e. The Morgan fingerprint density at radius 3 is 2.29 bits per heavy atom. The number of urea groups is 1. The minimum absolute atomic E-state index is 0.149. The van der Waals surface area contributed by atoms with Gasteiger partial charge in [0.25, 0.3) is 5.91 Å². The van der Waals surface area contributed by atoms with Crippen molar-refractivity contribution in [2.45, 2.75) is 13.8 Å². The zero-order chi connectivity index (χ0) is 23.1. The number of amides is 3. The molecule has 166 valence electrons. The Bertz CT molecular complexity index is 988. The van der Waals surface area contributed by atoms with Crippen molar-refractivity contribution >= 4 is 51.1 Å². The number of rotatable bonds is 8. The average molecular weight is 513 g/mol. The standard InChI is InChI=1S/C20H21BrN2O7S/c1-4-23(20(22)27)18(25)12-8-6-11(7-9-12)16-14(21)15(17(31-16)19(26)28-3)30-10-13(24)29-5-2/h6-9H,4-5,10H2,1-3H3,(H2,22,27). The molecule has 0 aliphatic rings. The molecule has 31 heavy (non-hydrogen) atoms. The molecule has 1 heterocycles. The molecule has 3 amide bonds. The van der Waals surface area contributed by atoms with E-state index in [1.807, 2.05) is 0 Å². The second kappa shape index (κ2) is 10.9. The molecular weight excluding hydrogens is 492 g/mol. The van der Waals surface area contributed by atoms with Crippen molar-refractivity contribution in [3.8, 4) is 16.2 Å². The summed E-state index contributed by atoms with van der Waals surface area (Å²) < 4.78 is 15.6. The quantitative estimate of drug-likeness (QED) is 0.536. The van der Waals surface area contributed by atoms with E-state index in [2.05, 4.69) is 15.9 Å². The van der Waals surface area contributed by atoms with E-state index in [-0.39, 0.29) is 35.9 Å². The highest BCUT2D eigenvalue weighted by atomic mass is 79.9. The predicted molar refractivity (Wildman–Crippen MR) is 117 cm³/mol. The zero-order valence-corrected chi connectivity index (χ0v) is 19.5. The highest BCUT2D eigenvalue weighted by Crippen LogP contribution is 2.46. The number of methoxy groups -OCH3 is 1. The molecule has 2 aromatic rings. The van der Waals surface area contributed by atoms with Crippen LogP contribution in [0.3, 0.4) is 0 Å². The Hall–Kier alpha value is -2.92. The van der Waals surface area contributed by atoms with Crippen LogP contribution in [0.25, 0.3) is 10.4 Å². The highest BCUT2D eigenvalue weighted by molar-refractivity contribution is 9.10. The van der Waals surface area contributed by atoms with Gasteiger partial charge in [0.1, 0.15) is 0 Å². The van der Waals surface area contributed by atoms with Gasteiger partial charge in [-0.05, 0) is 47.5 Å². The molecule has 0 saturated heterocycles. The molecule has 0 saturated carbocycles. The van der Waals surface area contributed by atoms with Crippen molar-refractivity contribution in [3.63, 3.8) is 0 Å². The van der Waals surface area contributed by atoms with E-state index < -0.39 is 23.9 Å². The summed E-state index contributed by atoms with van der Waals surface area (Å²) in [6.45, 7) is 3.30. The van der Waals surface area contributed by atoms with Crippen LogP contribution in [0.1, 0.15) is 33.9 Å². The Morgan fingerprint density at radius 1 is 1.13 bits per heavy atom. The molecule has 1 aromatic heterocycles. The number of nitrogens with two attached hydrogens (primary N) is 1. The molecule has 0 fully saturated rings. The van der Waals surface area contributed by atoms with E-state index in [0.29, 0.717) is 14.9 Å². The number of ether oxygens (including phenoxy) is 3. The van der Waals surface area contributed by atoms with Crippen LogP contribution in [-0.2, 0) is 14.3 Å². The van der Waals surface area contributed by atoms with Crippen molar-refractivity contribution in [2.24, 2.45) is 5.73 Å². The summed E-state index contributed by atoms with van der Waals surface area (Å²) in [6.07, 6.45) is 0. The number of carbonyl (C=O) groups is 4.